The van der Waals surface area contributed by atoms with Gasteiger partial charge in [0.05, 0.1) is 6.61 Å². The Morgan fingerprint density at radius 1 is 1.35 bits per heavy atom. The molecule has 0 aliphatic heterocycles. The fourth-order valence-corrected chi connectivity index (χ4v) is 1.64. The molecule has 1 unspecified atom stereocenters. The molecule has 0 radical (unpaired) electrons. The number of aromatic nitrogens is 2. The lowest BCUT2D eigenvalue weighted by Gasteiger charge is -2.15. The highest BCUT2D eigenvalue weighted by atomic mass is 16.5. The number of aryl methyl sites for hydroxylation is 1. The summed E-state index contributed by atoms with van der Waals surface area (Å²) >= 11 is 0. The molecule has 0 aliphatic rings. The van der Waals surface area contributed by atoms with Gasteiger partial charge in [-0.15, -0.1) is 0 Å². The van der Waals surface area contributed by atoms with E-state index in [1.54, 1.807) is 14.0 Å². The van der Waals surface area contributed by atoms with E-state index < -0.39 is 6.04 Å². The van der Waals surface area contributed by atoms with Gasteiger partial charge in [-0.1, -0.05) is 13.8 Å². The van der Waals surface area contributed by atoms with Crippen molar-refractivity contribution in [1.82, 2.24) is 15.3 Å². The molecule has 0 saturated carbocycles. The first-order valence-corrected chi connectivity index (χ1v) is 6.82. The average molecular weight is 280 g/mol. The SMILES string of the molecule is COCCNC(=O)C(C)Nc1nc(C)cc(C(C)C)n1. The van der Waals surface area contributed by atoms with Crippen LogP contribution in [0.3, 0.4) is 0 Å². The van der Waals surface area contributed by atoms with E-state index in [-0.39, 0.29) is 5.91 Å². The molecule has 20 heavy (non-hydrogen) atoms. The standard InChI is InChI=1S/C14H24N4O2/c1-9(2)12-8-10(3)16-14(18-12)17-11(4)13(19)15-6-7-20-5/h8-9,11H,6-7H2,1-5H3,(H,15,19)(H,16,17,18). The van der Waals surface area contributed by atoms with Crippen LogP contribution in [-0.2, 0) is 9.53 Å². The summed E-state index contributed by atoms with van der Waals surface area (Å²) in [5, 5.41) is 5.80. The number of hydrogen-bond donors (Lipinski definition) is 2. The van der Waals surface area contributed by atoms with Crippen LogP contribution in [0.2, 0.25) is 0 Å². The largest absolute Gasteiger partial charge is 0.383 e. The first-order valence-electron chi connectivity index (χ1n) is 6.82. The van der Waals surface area contributed by atoms with Gasteiger partial charge in [-0.3, -0.25) is 4.79 Å². The Bertz CT molecular complexity index is 449. The summed E-state index contributed by atoms with van der Waals surface area (Å²) in [6.07, 6.45) is 0. The molecule has 2 N–H and O–H groups in total. The molecule has 0 fully saturated rings. The number of methoxy groups -OCH3 is 1. The van der Waals surface area contributed by atoms with Gasteiger partial charge in [0.25, 0.3) is 0 Å². The first-order chi connectivity index (χ1) is 9.43. The van der Waals surface area contributed by atoms with Gasteiger partial charge >= 0.3 is 0 Å². The molecule has 0 aliphatic carbocycles. The van der Waals surface area contributed by atoms with E-state index in [4.69, 9.17) is 4.74 Å². The summed E-state index contributed by atoms with van der Waals surface area (Å²) in [6.45, 7) is 8.84. The van der Waals surface area contributed by atoms with Gasteiger partial charge in [-0.05, 0) is 25.8 Å². The Hall–Kier alpha value is -1.69. The maximum absolute atomic E-state index is 11.8. The van der Waals surface area contributed by atoms with Crippen LogP contribution in [0.25, 0.3) is 0 Å². The van der Waals surface area contributed by atoms with Gasteiger partial charge in [0.15, 0.2) is 0 Å². The number of carbonyl (C=O) groups excluding carboxylic acids is 1. The predicted molar refractivity (Wildman–Crippen MR) is 78.8 cm³/mol. The van der Waals surface area contributed by atoms with E-state index in [0.29, 0.717) is 25.0 Å². The molecule has 1 aromatic rings. The van der Waals surface area contributed by atoms with Crippen LogP contribution in [0.1, 0.15) is 38.1 Å². The Morgan fingerprint density at radius 3 is 2.65 bits per heavy atom. The predicted octanol–water partition coefficient (Wildman–Crippen LogP) is 1.47. The Labute approximate surface area is 120 Å². The van der Waals surface area contributed by atoms with Crippen LogP contribution in [-0.4, -0.2) is 42.2 Å². The normalized spacial score (nSPS) is 12.3. The average Bonchev–Trinajstić information content (AvgIpc) is 2.38. The highest BCUT2D eigenvalue weighted by Crippen LogP contribution is 2.14. The molecule has 6 nitrogen and oxygen atoms in total. The lowest BCUT2D eigenvalue weighted by Crippen LogP contribution is -2.39. The number of nitrogens with one attached hydrogen (secondary N) is 2. The van der Waals surface area contributed by atoms with Crippen LogP contribution in [0.5, 0.6) is 0 Å². The van der Waals surface area contributed by atoms with E-state index in [0.717, 1.165) is 11.4 Å². The molecular formula is C14H24N4O2. The minimum absolute atomic E-state index is 0.0988. The third-order valence-electron chi connectivity index (χ3n) is 2.81. The minimum atomic E-state index is -0.395. The molecule has 112 valence electrons. The van der Waals surface area contributed by atoms with Crippen molar-refractivity contribution in [1.29, 1.82) is 0 Å². The molecule has 0 spiro atoms. The lowest BCUT2D eigenvalue weighted by molar-refractivity contribution is -0.121. The quantitative estimate of drug-likeness (QED) is 0.740. The molecule has 6 heteroatoms. The number of nitrogens with zero attached hydrogens (tertiary/aromatic N) is 2. The second-order valence-corrected chi connectivity index (χ2v) is 5.06. The number of rotatable bonds is 7. The van der Waals surface area contributed by atoms with Crippen molar-refractivity contribution >= 4 is 11.9 Å². The lowest BCUT2D eigenvalue weighted by atomic mass is 10.1. The molecule has 1 rings (SSSR count). The number of ether oxygens (including phenoxy) is 1. The third kappa shape index (κ3) is 5.13. The number of anilines is 1. The Kier molecular flexibility index (Phi) is 6.38. The summed E-state index contributed by atoms with van der Waals surface area (Å²) in [5.41, 5.74) is 1.85. The van der Waals surface area contributed by atoms with Crippen LogP contribution >= 0.6 is 0 Å². The number of hydrogen-bond acceptors (Lipinski definition) is 5. The zero-order valence-corrected chi connectivity index (χ0v) is 12.9. The van der Waals surface area contributed by atoms with Gasteiger partial charge < -0.3 is 15.4 Å². The van der Waals surface area contributed by atoms with Crippen LogP contribution < -0.4 is 10.6 Å². The number of amides is 1. The van der Waals surface area contributed by atoms with Crippen molar-refractivity contribution in [3.05, 3.63) is 17.5 Å². The van der Waals surface area contributed by atoms with Crippen molar-refractivity contribution in [3.8, 4) is 0 Å². The van der Waals surface area contributed by atoms with Gasteiger partial charge in [0.1, 0.15) is 6.04 Å². The van der Waals surface area contributed by atoms with Crippen molar-refractivity contribution in [2.75, 3.05) is 25.6 Å². The van der Waals surface area contributed by atoms with Gasteiger partial charge in [-0.25, -0.2) is 9.97 Å². The summed E-state index contributed by atoms with van der Waals surface area (Å²) in [7, 11) is 1.60. The highest BCUT2D eigenvalue weighted by molar-refractivity contribution is 5.83. The fraction of sp³-hybridized carbons (Fsp3) is 0.643. The maximum atomic E-state index is 11.8. The van der Waals surface area contributed by atoms with Crippen LogP contribution in [0.4, 0.5) is 5.95 Å². The van der Waals surface area contributed by atoms with E-state index in [1.807, 2.05) is 13.0 Å². The van der Waals surface area contributed by atoms with E-state index in [9.17, 15) is 4.79 Å². The molecule has 1 heterocycles. The van der Waals surface area contributed by atoms with Gasteiger partial charge in [0, 0.05) is 25.0 Å². The zero-order valence-electron chi connectivity index (χ0n) is 12.9. The van der Waals surface area contributed by atoms with Crippen molar-refractivity contribution in [3.63, 3.8) is 0 Å². The smallest absolute Gasteiger partial charge is 0.242 e. The minimum Gasteiger partial charge on any atom is -0.383 e. The summed E-state index contributed by atoms with van der Waals surface area (Å²) in [6, 6.07) is 1.56. The third-order valence-corrected chi connectivity index (χ3v) is 2.81. The molecule has 0 bridgehead atoms. The zero-order chi connectivity index (χ0) is 15.1. The van der Waals surface area contributed by atoms with Gasteiger partial charge in [0.2, 0.25) is 11.9 Å². The molecule has 0 aromatic carbocycles. The van der Waals surface area contributed by atoms with E-state index >= 15 is 0 Å². The fourth-order valence-electron chi connectivity index (χ4n) is 1.64. The second kappa shape index (κ2) is 7.79. The number of carbonyl (C=O) groups is 1. The molecule has 1 amide bonds. The highest BCUT2D eigenvalue weighted by Gasteiger charge is 2.14. The van der Waals surface area contributed by atoms with Crippen molar-refractivity contribution in [2.45, 2.75) is 39.7 Å². The second-order valence-electron chi connectivity index (χ2n) is 5.06. The van der Waals surface area contributed by atoms with Gasteiger partial charge in [-0.2, -0.15) is 0 Å². The Morgan fingerprint density at radius 2 is 2.05 bits per heavy atom. The van der Waals surface area contributed by atoms with E-state index in [2.05, 4.69) is 34.4 Å². The monoisotopic (exact) mass is 280 g/mol. The molecule has 1 aromatic heterocycles. The molecule has 1 atom stereocenters. The maximum Gasteiger partial charge on any atom is 0.242 e. The Balaban J connectivity index is 2.65. The van der Waals surface area contributed by atoms with Crippen LogP contribution in [0, 0.1) is 6.92 Å². The summed E-state index contributed by atoms with van der Waals surface area (Å²) < 4.78 is 4.89. The van der Waals surface area contributed by atoms with E-state index in [1.165, 1.54) is 0 Å². The van der Waals surface area contributed by atoms with Crippen molar-refractivity contribution in [2.24, 2.45) is 0 Å². The first kappa shape index (κ1) is 16.4. The van der Waals surface area contributed by atoms with Crippen LogP contribution in [0.15, 0.2) is 6.07 Å². The summed E-state index contributed by atoms with van der Waals surface area (Å²) in [4.78, 5) is 20.6. The molecular weight excluding hydrogens is 256 g/mol. The molecule has 0 saturated heterocycles. The van der Waals surface area contributed by atoms with Crippen molar-refractivity contribution < 1.29 is 9.53 Å². The topological polar surface area (TPSA) is 76.1 Å². The summed E-state index contributed by atoms with van der Waals surface area (Å²) in [5.74, 6) is 0.712.